The summed E-state index contributed by atoms with van der Waals surface area (Å²) in [6, 6.07) is 17.7. The van der Waals surface area contributed by atoms with Gasteiger partial charge in [-0.2, -0.15) is 0 Å². The van der Waals surface area contributed by atoms with Crippen molar-refractivity contribution in [1.82, 2.24) is 9.80 Å². The highest BCUT2D eigenvalue weighted by molar-refractivity contribution is 5.99. The van der Waals surface area contributed by atoms with Crippen LogP contribution in [0.25, 0.3) is 0 Å². The van der Waals surface area contributed by atoms with E-state index in [9.17, 15) is 14.4 Å². The summed E-state index contributed by atoms with van der Waals surface area (Å²) >= 11 is 0. The van der Waals surface area contributed by atoms with Crippen LogP contribution < -0.4 is 0 Å². The Morgan fingerprint density at radius 1 is 0.966 bits per heavy atom. The van der Waals surface area contributed by atoms with Crippen LogP contribution in [-0.2, 0) is 9.53 Å². The lowest BCUT2D eigenvalue weighted by Crippen LogP contribution is -2.67. The molecule has 0 N–H and O–H groups in total. The van der Waals surface area contributed by atoms with Crippen LogP contribution in [0.1, 0.15) is 27.6 Å². The Balaban J connectivity index is 1.90. The maximum atomic E-state index is 13.1. The van der Waals surface area contributed by atoms with Crippen LogP contribution in [0.2, 0.25) is 0 Å². The molecule has 0 radical (unpaired) electrons. The van der Waals surface area contributed by atoms with E-state index in [1.54, 1.807) is 60.4 Å². The first-order valence-electron chi connectivity index (χ1n) is 9.47. The van der Waals surface area contributed by atoms with E-state index < -0.39 is 11.5 Å². The summed E-state index contributed by atoms with van der Waals surface area (Å²) in [6.07, 6.45) is 1.47. The average molecular weight is 392 g/mol. The van der Waals surface area contributed by atoms with Gasteiger partial charge in [0.1, 0.15) is 6.61 Å². The summed E-state index contributed by atoms with van der Waals surface area (Å²) < 4.78 is 5.29. The lowest BCUT2D eigenvalue weighted by molar-refractivity contribution is -0.157. The first kappa shape index (κ1) is 20.3. The van der Waals surface area contributed by atoms with Gasteiger partial charge in [0.25, 0.3) is 11.8 Å². The Morgan fingerprint density at radius 3 is 2.07 bits per heavy atom. The molecule has 3 rings (SSSR count). The summed E-state index contributed by atoms with van der Waals surface area (Å²) in [5.74, 6) is -1.01. The highest BCUT2D eigenvalue weighted by atomic mass is 16.5. The summed E-state index contributed by atoms with van der Waals surface area (Å²) in [5, 5.41) is 0. The predicted octanol–water partition coefficient (Wildman–Crippen LogP) is 2.77. The van der Waals surface area contributed by atoms with E-state index in [2.05, 4.69) is 6.58 Å². The fraction of sp³-hybridized carbons (Fsp3) is 0.261. The van der Waals surface area contributed by atoms with Crippen LogP contribution in [0.5, 0.6) is 0 Å². The summed E-state index contributed by atoms with van der Waals surface area (Å²) in [5.41, 5.74) is -0.284. The number of esters is 1. The third-order valence-corrected chi connectivity index (χ3v) is 5.03. The van der Waals surface area contributed by atoms with E-state index in [0.29, 0.717) is 17.7 Å². The summed E-state index contributed by atoms with van der Waals surface area (Å²) in [6.45, 7) is 5.85. The van der Waals surface area contributed by atoms with Gasteiger partial charge >= 0.3 is 5.97 Å². The van der Waals surface area contributed by atoms with Gasteiger partial charge in [-0.25, -0.2) is 4.79 Å². The molecule has 2 aromatic carbocycles. The number of ether oxygens (including phenoxy) is 1. The molecule has 2 aromatic rings. The van der Waals surface area contributed by atoms with Crippen LogP contribution >= 0.6 is 0 Å². The molecule has 1 unspecified atom stereocenters. The minimum atomic E-state index is -1.31. The molecule has 0 aromatic heterocycles. The number of amides is 2. The van der Waals surface area contributed by atoms with E-state index in [-0.39, 0.29) is 31.5 Å². The zero-order valence-corrected chi connectivity index (χ0v) is 16.4. The fourth-order valence-electron chi connectivity index (χ4n) is 3.47. The topological polar surface area (TPSA) is 66.9 Å². The lowest BCUT2D eigenvalue weighted by atomic mass is 9.94. The van der Waals surface area contributed by atoms with Crippen LogP contribution in [0.15, 0.2) is 73.3 Å². The standard InChI is InChI=1S/C23H24N2O4/c1-3-16-29-22(28)23(2)17-24(20(26)18-10-6-4-7-11-18)14-15-25(23)21(27)19-12-8-5-9-13-19/h3-13H,1,14-17H2,2H3. The fourth-order valence-corrected chi connectivity index (χ4v) is 3.47. The predicted molar refractivity (Wildman–Crippen MR) is 109 cm³/mol. The maximum absolute atomic E-state index is 13.1. The first-order chi connectivity index (χ1) is 14.0. The van der Waals surface area contributed by atoms with Gasteiger partial charge in [-0.1, -0.05) is 49.1 Å². The molecule has 1 heterocycles. The van der Waals surface area contributed by atoms with Crippen molar-refractivity contribution in [1.29, 1.82) is 0 Å². The van der Waals surface area contributed by atoms with Crippen LogP contribution in [0, 0.1) is 0 Å². The second-order valence-electron chi connectivity index (χ2n) is 7.08. The van der Waals surface area contributed by atoms with Gasteiger partial charge in [-0.3, -0.25) is 9.59 Å². The monoisotopic (exact) mass is 392 g/mol. The normalized spacial score (nSPS) is 18.8. The molecule has 0 spiro atoms. The molecule has 1 atom stereocenters. The summed E-state index contributed by atoms with van der Waals surface area (Å²) in [7, 11) is 0. The molecule has 1 aliphatic rings. The number of hydrogen-bond donors (Lipinski definition) is 0. The van der Waals surface area contributed by atoms with Crippen molar-refractivity contribution in [3.8, 4) is 0 Å². The van der Waals surface area contributed by atoms with Crippen molar-refractivity contribution in [2.75, 3.05) is 26.2 Å². The number of piperazine rings is 1. The van der Waals surface area contributed by atoms with Crippen molar-refractivity contribution in [2.45, 2.75) is 12.5 Å². The van der Waals surface area contributed by atoms with Crippen LogP contribution in [-0.4, -0.2) is 59.4 Å². The Labute approximate surface area is 170 Å². The van der Waals surface area contributed by atoms with E-state index in [1.807, 2.05) is 12.1 Å². The number of carbonyl (C=O) groups is 3. The zero-order chi connectivity index (χ0) is 20.9. The van der Waals surface area contributed by atoms with E-state index in [0.717, 1.165) is 0 Å². The number of rotatable bonds is 5. The number of hydrogen-bond acceptors (Lipinski definition) is 4. The maximum Gasteiger partial charge on any atom is 0.333 e. The van der Waals surface area contributed by atoms with Crippen molar-refractivity contribution in [3.05, 3.63) is 84.4 Å². The second-order valence-corrected chi connectivity index (χ2v) is 7.08. The molecule has 0 aliphatic carbocycles. The molecule has 1 aliphatic heterocycles. The van der Waals surface area contributed by atoms with Gasteiger partial charge in [-0.05, 0) is 31.2 Å². The van der Waals surface area contributed by atoms with E-state index >= 15 is 0 Å². The van der Waals surface area contributed by atoms with Gasteiger partial charge in [-0.15, -0.1) is 0 Å². The molecule has 1 saturated heterocycles. The molecule has 6 nitrogen and oxygen atoms in total. The van der Waals surface area contributed by atoms with Crippen molar-refractivity contribution in [3.63, 3.8) is 0 Å². The molecular formula is C23H24N2O4. The van der Waals surface area contributed by atoms with Gasteiger partial charge in [0, 0.05) is 24.2 Å². The quantitative estimate of drug-likeness (QED) is 0.580. The van der Waals surface area contributed by atoms with Crippen LogP contribution in [0.4, 0.5) is 0 Å². The first-order valence-corrected chi connectivity index (χ1v) is 9.47. The van der Waals surface area contributed by atoms with Crippen LogP contribution in [0.3, 0.4) is 0 Å². The van der Waals surface area contributed by atoms with Crippen molar-refractivity contribution >= 4 is 17.8 Å². The van der Waals surface area contributed by atoms with Gasteiger partial charge in [0.05, 0.1) is 6.54 Å². The molecule has 0 bridgehead atoms. The van der Waals surface area contributed by atoms with Crippen molar-refractivity contribution < 1.29 is 19.1 Å². The average Bonchev–Trinajstić information content (AvgIpc) is 2.77. The lowest BCUT2D eigenvalue weighted by Gasteiger charge is -2.47. The molecular weight excluding hydrogens is 368 g/mol. The van der Waals surface area contributed by atoms with Gasteiger partial charge in [0.2, 0.25) is 0 Å². The third kappa shape index (κ3) is 4.21. The minimum absolute atomic E-state index is 0.0361. The Kier molecular flexibility index (Phi) is 6.12. The van der Waals surface area contributed by atoms with Gasteiger partial charge in [0.15, 0.2) is 5.54 Å². The second kappa shape index (κ2) is 8.73. The Morgan fingerprint density at radius 2 is 1.52 bits per heavy atom. The van der Waals surface area contributed by atoms with Gasteiger partial charge < -0.3 is 14.5 Å². The molecule has 6 heteroatoms. The molecule has 1 fully saturated rings. The third-order valence-electron chi connectivity index (χ3n) is 5.03. The zero-order valence-electron chi connectivity index (χ0n) is 16.4. The number of nitrogens with zero attached hydrogens (tertiary/aromatic N) is 2. The number of benzene rings is 2. The molecule has 2 amide bonds. The molecule has 29 heavy (non-hydrogen) atoms. The largest absolute Gasteiger partial charge is 0.460 e. The Bertz CT molecular complexity index is 898. The highest BCUT2D eigenvalue weighted by Gasteiger charge is 2.48. The Hall–Kier alpha value is -3.41. The molecule has 150 valence electrons. The SMILES string of the molecule is C=CCOC(=O)C1(C)CN(C(=O)c2ccccc2)CCN1C(=O)c1ccccc1. The highest BCUT2D eigenvalue weighted by Crippen LogP contribution is 2.26. The van der Waals surface area contributed by atoms with Crippen molar-refractivity contribution in [2.24, 2.45) is 0 Å². The van der Waals surface area contributed by atoms with E-state index in [1.165, 1.54) is 11.0 Å². The minimum Gasteiger partial charge on any atom is -0.460 e. The number of carbonyl (C=O) groups excluding carboxylic acids is 3. The summed E-state index contributed by atoms with van der Waals surface area (Å²) in [4.78, 5) is 42.1. The van der Waals surface area contributed by atoms with E-state index in [4.69, 9.17) is 4.74 Å². The molecule has 0 saturated carbocycles. The smallest absolute Gasteiger partial charge is 0.333 e.